The van der Waals surface area contributed by atoms with Crippen LogP contribution in [0.1, 0.15) is 23.6 Å². The van der Waals surface area contributed by atoms with E-state index >= 15 is 0 Å². The van der Waals surface area contributed by atoms with Gasteiger partial charge in [0.2, 0.25) is 0 Å². The van der Waals surface area contributed by atoms with E-state index in [0.29, 0.717) is 23.3 Å². The predicted molar refractivity (Wildman–Crippen MR) is 137 cm³/mol. The maximum atomic E-state index is 13.3. The van der Waals surface area contributed by atoms with Crippen molar-refractivity contribution in [2.45, 2.75) is 20.0 Å². The average Bonchev–Trinajstić information content (AvgIpc) is 2.92. The Morgan fingerprint density at radius 2 is 1.51 bits per heavy atom. The molecule has 0 N–H and O–H groups in total. The van der Waals surface area contributed by atoms with Crippen LogP contribution in [0.3, 0.4) is 0 Å². The van der Waals surface area contributed by atoms with E-state index in [4.69, 9.17) is 9.47 Å². The van der Waals surface area contributed by atoms with Crippen LogP contribution in [0.5, 0.6) is 11.5 Å². The van der Waals surface area contributed by atoms with E-state index in [9.17, 15) is 19.2 Å². The van der Waals surface area contributed by atoms with Crippen molar-refractivity contribution in [2.75, 3.05) is 13.7 Å². The summed E-state index contributed by atoms with van der Waals surface area (Å²) in [5, 5.41) is 9.62. The fourth-order valence-corrected chi connectivity index (χ4v) is 3.94. The highest BCUT2D eigenvalue weighted by Crippen LogP contribution is 2.28. The van der Waals surface area contributed by atoms with Crippen molar-refractivity contribution in [1.82, 2.24) is 4.90 Å². The van der Waals surface area contributed by atoms with Crippen molar-refractivity contribution in [3.8, 4) is 17.6 Å². The molecule has 0 atom stereocenters. The smallest absolute Gasteiger partial charge is 0.271 e. The van der Waals surface area contributed by atoms with Crippen molar-refractivity contribution in [3.05, 3.63) is 112 Å². The molecule has 0 saturated heterocycles. The molecule has 0 fully saturated rings. The average molecular weight is 497 g/mol. The summed E-state index contributed by atoms with van der Waals surface area (Å²) in [6.07, 6.45) is 2.12. The van der Waals surface area contributed by atoms with E-state index in [-0.39, 0.29) is 24.5 Å². The molecule has 0 saturated carbocycles. The van der Waals surface area contributed by atoms with E-state index in [1.54, 1.807) is 56.5 Å². The van der Waals surface area contributed by atoms with Crippen molar-refractivity contribution >= 4 is 17.9 Å². The zero-order valence-electron chi connectivity index (χ0n) is 20.5. The van der Waals surface area contributed by atoms with Gasteiger partial charge in [0.25, 0.3) is 11.8 Å². The fourth-order valence-electron chi connectivity index (χ4n) is 3.94. The third kappa shape index (κ3) is 5.93. The zero-order valence-corrected chi connectivity index (χ0v) is 20.5. The fraction of sp³-hybridized carbons (Fsp3) is 0.167. The molecule has 0 aromatic heterocycles. The summed E-state index contributed by atoms with van der Waals surface area (Å²) >= 11 is 0. The topological polar surface area (TPSA) is 79.6 Å². The summed E-state index contributed by atoms with van der Waals surface area (Å²) in [5.74, 6) is 0.00848. The lowest BCUT2D eigenvalue weighted by Gasteiger charge is -2.27. The molecule has 0 bridgehead atoms. The van der Waals surface area contributed by atoms with Crippen LogP contribution >= 0.6 is 0 Å². The Hall–Kier alpha value is -4.70. The standard InChI is InChI=1S/C30H25FN2O4/c1-20-27(17-22-7-13-26(14-8-22)37-19-23-3-9-24(31)10-4-23)29(34)33(30(35)28(20)18-32)16-15-21-5-11-25(36-2)12-6-21/h3-14,17H,15-16,19H2,1-2H3/b27-17+. The maximum Gasteiger partial charge on any atom is 0.271 e. The number of ether oxygens (including phenoxy) is 2. The number of carbonyl (C=O) groups is 2. The second-order valence-electron chi connectivity index (χ2n) is 8.51. The Labute approximate surface area is 214 Å². The van der Waals surface area contributed by atoms with Gasteiger partial charge in [0.1, 0.15) is 35.6 Å². The van der Waals surface area contributed by atoms with Gasteiger partial charge in [0.05, 0.1) is 7.11 Å². The minimum atomic E-state index is -0.583. The normalized spacial score (nSPS) is 14.6. The van der Waals surface area contributed by atoms with Crippen molar-refractivity contribution in [2.24, 2.45) is 0 Å². The highest BCUT2D eigenvalue weighted by atomic mass is 19.1. The summed E-state index contributed by atoms with van der Waals surface area (Å²) in [6.45, 7) is 2.05. The minimum Gasteiger partial charge on any atom is -0.497 e. The molecule has 1 aliphatic rings. The molecule has 0 radical (unpaired) electrons. The molecule has 0 spiro atoms. The highest BCUT2D eigenvalue weighted by Gasteiger charge is 2.35. The Kier molecular flexibility index (Phi) is 7.80. The number of nitrogens with zero attached hydrogens (tertiary/aromatic N) is 2. The number of rotatable bonds is 8. The number of hydrogen-bond donors (Lipinski definition) is 0. The number of methoxy groups -OCH3 is 1. The monoisotopic (exact) mass is 496 g/mol. The first-order valence-electron chi connectivity index (χ1n) is 11.7. The minimum absolute atomic E-state index is 0.0418. The van der Waals surface area contributed by atoms with Gasteiger partial charge in [-0.3, -0.25) is 14.5 Å². The van der Waals surface area contributed by atoms with Crippen LogP contribution in [0.25, 0.3) is 6.08 Å². The van der Waals surface area contributed by atoms with Crippen molar-refractivity contribution in [3.63, 3.8) is 0 Å². The Morgan fingerprint density at radius 1 is 0.892 bits per heavy atom. The van der Waals surface area contributed by atoms with Crippen LogP contribution in [0, 0.1) is 17.1 Å². The molecule has 0 aliphatic carbocycles. The van der Waals surface area contributed by atoms with Crippen LogP contribution in [-0.2, 0) is 22.6 Å². The summed E-state index contributed by atoms with van der Waals surface area (Å²) in [4.78, 5) is 27.3. The molecule has 37 heavy (non-hydrogen) atoms. The van der Waals surface area contributed by atoms with Gasteiger partial charge < -0.3 is 9.47 Å². The molecule has 7 heteroatoms. The number of benzene rings is 3. The van der Waals surface area contributed by atoms with Crippen molar-refractivity contribution in [1.29, 1.82) is 5.26 Å². The highest BCUT2D eigenvalue weighted by molar-refractivity contribution is 6.19. The summed E-state index contributed by atoms with van der Waals surface area (Å²) in [7, 11) is 1.58. The van der Waals surface area contributed by atoms with E-state index in [1.807, 2.05) is 30.3 Å². The van der Waals surface area contributed by atoms with Gasteiger partial charge in [0, 0.05) is 12.1 Å². The van der Waals surface area contributed by atoms with Crippen LogP contribution in [0.4, 0.5) is 4.39 Å². The maximum absolute atomic E-state index is 13.3. The lowest BCUT2D eigenvalue weighted by Crippen LogP contribution is -2.43. The van der Waals surface area contributed by atoms with Crippen molar-refractivity contribution < 1.29 is 23.5 Å². The molecule has 1 aliphatic heterocycles. The molecule has 0 unspecified atom stereocenters. The van der Waals surface area contributed by atoms with Gasteiger partial charge in [-0.1, -0.05) is 36.4 Å². The van der Waals surface area contributed by atoms with Gasteiger partial charge in [0.15, 0.2) is 0 Å². The molecule has 4 rings (SSSR count). The van der Waals surface area contributed by atoms with Crippen LogP contribution in [0.2, 0.25) is 0 Å². The lowest BCUT2D eigenvalue weighted by atomic mass is 9.93. The number of halogens is 1. The number of carbonyl (C=O) groups excluding carboxylic acids is 2. The second kappa shape index (κ2) is 11.4. The van der Waals surface area contributed by atoms with Gasteiger partial charge in [-0.15, -0.1) is 0 Å². The van der Waals surface area contributed by atoms with Gasteiger partial charge >= 0.3 is 0 Å². The van der Waals surface area contributed by atoms with Crippen LogP contribution in [0.15, 0.2) is 89.5 Å². The second-order valence-corrected chi connectivity index (χ2v) is 8.51. The lowest BCUT2D eigenvalue weighted by molar-refractivity contribution is -0.140. The molecule has 186 valence electrons. The summed E-state index contributed by atoms with van der Waals surface area (Å²) in [6, 6.07) is 22.5. The molecular weight excluding hydrogens is 471 g/mol. The molecule has 6 nitrogen and oxygen atoms in total. The van der Waals surface area contributed by atoms with E-state index in [1.165, 1.54) is 12.1 Å². The molecular formula is C30H25FN2O4. The first-order chi connectivity index (χ1) is 17.9. The Balaban J connectivity index is 1.50. The van der Waals surface area contributed by atoms with Gasteiger partial charge in [-0.05, 0) is 78.1 Å². The largest absolute Gasteiger partial charge is 0.497 e. The van der Waals surface area contributed by atoms with E-state index in [2.05, 4.69) is 0 Å². The number of amides is 2. The third-order valence-electron chi connectivity index (χ3n) is 6.12. The number of imide groups is 1. The Morgan fingerprint density at radius 3 is 2.14 bits per heavy atom. The quantitative estimate of drug-likeness (QED) is 0.314. The SMILES string of the molecule is COc1ccc(CCN2C(=O)C(C#N)=C(C)/C(=C\c3ccc(OCc4ccc(F)cc4)cc3)C2=O)cc1. The third-order valence-corrected chi connectivity index (χ3v) is 6.12. The van der Waals surface area contributed by atoms with Crippen LogP contribution in [-0.4, -0.2) is 30.4 Å². The Bertz CT molecular complexity index is 1400. The first kappa shape index (κ1) is 25.4. The predicted octanol–water partition coefficient (Wildman–Crippen LogP) is 5.25. The van der Waals surface area contributed by atoms with Gasteiger partial charge in [-0.25, -0.2) is 4.39 Å². The molecule has 2 amide bonds. The van der Waals surface area contributed by atoms with Gasteiger partial charge in [-0.2, -0.15) is 5.26 Å². The zero-order chi connectivity index (χ0) is 26.4. The molecule has 3 aromatic carbocycles. The van der Waals surface area contributed by atoms with Crippen LogP contribution < -0.4 is 9.47 Å². The molecule has 1 heterocycles. The first-order valence-corrected chi connectivity index (χ1v) is 11.7. The number of nitriles is 1. The number of hydrogen-bond acceptors (Lipinski definition) is 5. The summed E-state index contributed by atoms with van der Waals surface area (Å²) < 4.78 is 24.0. The van der Waals surface area contributed by atoms with E-state index < -0.39 is 11.8 Å². The van der Waals surface area contributed by atoms with E-state index in [0.717, 1.165) is 27.3 Å². The molecule has 3 aromatic rings. The summed E-state index contributed by atoms with van der Waals surface area (Å²) in [5.41, 5.74) is 3.11.